The quantitative estimate of drug-likeness (QED) is 0.631. The van der Waals surface area contributed by atoms with E-state index in [-0.39, 0.29) is 5.78 Å². The average Bonchev–Trinajstić information content (AvgIpc) is 2.31. The highest BCUT2D eigenvalue weighted by Crippen LogP contribution is 2.23. The predicted octanol–water partition coefficient (Wildman–Crippen LogP) is 1.34. The molecule has 1 N–H and O–H groups in total. The number of hydrogen-bond donors (Lipinski definition) is 1. The maximum Gasteiger partial charge on any atom is 0.186 e. The van der Waals surface area contributed by atoms with Gasteiger partial charge < -0.3 is 5.32 Å². The number of hydrogen-bond acceptors (Lipinski definition) is 3. The summed E-state index contributed by atoms with van der Waals surface area (Å²) in [6, 6.07) is 2.09. The first-order valence-corrected chi connectivity index (χ1v) is 4.42. The molecule has 3 heteroatoms. The average molecular weight is 167 g/mol. The molecule has 1 aliphatic rings. The lowest BCUT2D eigenvalue weighted by molar-refractivity contribution is 0.0986. The molecule has 0 aromatic carbocycles. The van der Waals surface area contributed by atoms with Crippen LogP contribution < -0.4 is 5.32 Å². The standard InChI is InChI=1S/C8H9NOS/c1-5-2-6-3-9-4-7(10)8(6)11-5/h2,9H,3-4H2,1H3. The minimum atomic E-state index is 0.240. The second-order valence-electron chi connectivity index (χ2n) is 2.74. The Morgan fingerprint density at radius 1 is 1.55 bits per heavy atom. The van der Waals surface area contributed by atoms with Gasteiger partial charge in [0.1, 0.15) is 0 Å². The van der Waals surface area contributed by atoms with Crippen LogP contribution in [0.1, 0.15) is 20.1 Å². The molecule has 0 saturated carbocycles. The summed E-state index contributed by atoms with van der Waals surface area (Å²) in [6.07, 6.45) is 0. The monoisotopic (exact) mass is 167 g/mol. The van der Waals surface area contributed by atoms with Crippen LogP contribution in [0.3, 0.4) is 0 Å². The van der Waals surface area contributed by atoms with Crippen molar-refractivity contribution in [2.45, 2.75) is 13.5 Å². The van der Waals surface area contributed by atoms with Gasteiger partial charge >= 0.3 is 0 Å². The summed E-state index contributed by atoms with van der Waals surface area (Å²) in [7, 11) is 0. The lowest BCUT2D eigenvalue weighted by Crippen LogP contribution is -2.28. The van der Waals surface area contributed by atoms with Crippen LogP contribution in [-0.2, 0) is 6.54 Å². The Morgan fingerprint density at radius 3 is 3.09 bits per heavy atom. The van der Waals surface area contributed by atoms with Gasteiger partial charge in [0.2, 0.25) is 0 Å². The van der Waals surface area contributed by atoms with E-state index in [2.05, 4.69) is 11.4 Å². The van der Waals surface area contributed by atoms with E-state index in [4.69, 9.17) is 0 Å². The number of aryl methyl sites for hydroxylation is 1. The second-order valence-corrected chi connectivity index (χ2v) is 3.99. The fourth-order valence-corrected chi connectivity index (χ4v) is 2.30. The predicted molar refractivity (Wildman–Crippen MR) is 45.1 cm³/mol. The number of thiophene rings is 1. The van der Waals surface area contributed by atoms with E-state index in [0.29, 0.717) is 6.54 Å². The summed E-state index contributed by atoms with van der Waals surface area (Å²) in [5, 5.41) is 3.06. The molecule has 11 heavy (non-hydrogen) atoms. The highest BCUT2D eigenvalue weighted by Gasteiger charge is 2.18. The first-order chi connectivity index (χ1) is 5.27. The fourth-order valence-electron chi connectivity index (χ4n) is 1.33. The SMILES string of the molecule is Cc1cc2c(s1)C(=O)CNC2. The van der Waals surface area contributed by atoms with Crippen LogP contribution in [0.5, 0.6) is 0 Å². The molecule has 0 aliphatic carbocycles. The van der Waals surface area contributed by atoms with Crippen LogP contribution in [0, 0.1) is 6.92 Å². The number of rotatable bonds is 0. The third-order valence-corrected chi connectivity index (χ3v) is 2.92. The number of carbonyl (C=O) groups excluding carboxylic acids is 1. The summed E-state index contributed by atoms with van der Waals surface area (Å²) >= 11 is 1.61. The van der Waals surface area contributed by atoms with Gasteiger partial charge in [0.25, 0.3) is 0 Å². The summed E-state index contributed by atoms with van der Waals surface area (Å²) in [5.74, 6) is 0.240. The van der Waals surface area contributed by atoms with E-state index in [1.807, 2.05) is 6.92 Å². The third-order valence-electron chi connectivity index (χ3n) is 1.79. The van der Waals surface area contributed by atoms with Gasteiger partial charge in [-0.3, -0.25) is 4.79 Å². The van der Waals surface area contributed by atoms with Gasteiger partial charge in [0, 0.05) is 11.4 Å². The Labute approximate surface area is 69.2 Å². The van der Waals surface area contributed by atoms with E-state index >= 15 is 0 Å². The van der Waals surface area contributed by atoms with Crippen LogP contribution in [0.15, 0.2) is 6.07 Å². The Morgan fingerprint density at radius 2 is 2.36 bits per heavy atom. The molecule has 0 fully saturated rings. The molecule has 2 nitrogen and oxygen atoms in total. The number of nitrogens with one attached hydrogen (secondary N) is 1. The van der Waals surface area contributed by atoms with Gasteiger partial charge in [-0.25, -0.2) is 0 Å². The minimum absolute atomic E-state index is 0.240. The summed E-state index contributed by atoms with van der Waals surface area (Å²) in [6.45, 7) is 3.40. The molecule has 0 amide bonds. The zero-order valence-corrected chi connectivity index (χ0v) is 7.12. The van der Waals surface area contributed by atoms with Crippen LogP contribution in [0.4, 0.5) is 0 Å². The Kier molecular flexibility index (Phi) is 1.55. The lowest BCUT2D eigenvalue weighted by Gasteiger charge is -2.09. The van der Waals surface area contributed by atoms with Crippen molar-refractivity contribution in [3.8, 4) is 0 Å². The molecule has 1 aliphatic heterocycles. The van der Waals surface area contributed by atoms with Crippen molar-refractivity contribution in [3.63, 3.8) is 0 Å². The summed E-state index contributed by atoms with van der Waals surface area (Å²) in [4.78, 5) is 13.4. The molecular formula is C8H9NOS. The normalized spacial score (nSPS) is 16.6. The largest absolute Gasteiger partial charge is 0.306 e. The fraction of sp³-hybridized carbons (Fsp3) is 0.375. The zero-order valence-electron chi connectivity index (χ0n) is 6.31. The lowest BCUT2D eigenvalue weighted by atomic mass is 10.1. The van der Waals surface area contributed by atoms with Crippen molar-refractivity contribution in [2.24, 2.45) is 0 Å². The first kappa shape index (κ1) is 7.00. The van der Waals surface area contributed by atoms with Gasteiger partial charge in [-0.05, 0) is 18.6 Å². The molecule has 0 atom stereocenters. The van der Waals surface area contributed by atoms with Gasteiger partial charge in [0.15, 0.2) is 5.78 Å². The van der Waals surface area contributed by atoms with Gasteiger partial charge in [0.05, 0.1) is 11.4 Å². The number of Topliss-reactive ketones (excluding diaryl/α,β-unsaturated/α-hetero) is 1. The molecule has 0 spiro atoms. The molecule has 1 aromatic heterocycles. The molecule has 0 saturated heterocycles. The number of carbonyl (C=O) groups is 1. The number of fused-ring (bicyclic) bond motifs is 1. The topological polar surface area (TPSA) is 29.1 Å². The van der Waals surface area contributed by atoms with Crippen molar-refractivity contribution in [3.05, 3.63) is 21.4 Å². The van der Waals surface area contributed by atoms with E-state index in [1.165, 1.54) is 10.4 Å². The molecule has 2 heterocycles. The molecular weight excluding hydrogens is 158 g/mol. The minimum Gasteiger partial charge on any atom is -0.306 e. The smallest absolute Gasteiger partial charge is 0.186 e. The Hall–Kier alpha value is -0.670. The molecule has 0 unspecified atom stereocenters. The zero-order chi connectivity index (χ0) is 7.84. The Bertz CT molecular complexity index is 303. The van der Waals surface area contributed by atoms with Crippen molar-refractivity contribution in [1.82, 2.24) is 5.32 Å². The highest BCUT2D eigenvalue weighted by molar-refractivity contribution is 7.14. The van der Waals surface area contributed by atoms with Gasteiger partial charge in [-0.2, -0.15) is 0 Å². The van der Waals surface area contributed by atoms with E-state index in [1.54, 1.807) is 11.3 Å². The van der Waals surface area contributed by atoms with Crippen LogP contribution in [-0.4, -0.2) is 12.3 Å². The third kappa shape index (κ3) is 1.10. The van der Waals surface area contributed by atoms with Crippen molar-refractivity contribution < 1.29 is 4.79 Å². The number of ketones is 1. The Balaban J connectivity index is 2.52. The summed E-state index contributed by atoms with van der Waals surface area (Å²) < 4.78 is 0. The summed E-state index contributed by atoms with van der Waals surface area (Å²) in [5.41, 5.74) is 1.17. The van der Waals surface area contributed by atoms with Crippen molar-refractivity contribution in [1.29, 1.82) is 0 Å². The van der Waals surface area contributed by atoms with E-state index in [0.717, 1.165) is 11.4 Å². The molecule has 0 bridgehead atoms. The van der Waals surface area contributed by atoms with E-state index in [9.17, 15) is 4.79 Å². The molecule has 2 rings (SSSR count). The second kappa shape index (κ2) is 2.43. The first-order valence-electron chi connectivity index (χ1n) is 3.60. The van der Waals surface area contributed by atoms with Crippen LogP contribution in [0.25, 0.3) is 0 Å². The maximum absolute atomic E-state index is 11.2. The molecule has 0 radical (unpaired) electrons. The molecule has 1 aromatic rings. The maximum atomic E-state index is 11.2. The molecule has 58 valence electrons. The van der Waals surface area contributed by atoms with Crippen LogP contribution >= 0.6 is 11.3 Å². The van der Waals surface area contributed by atoms with Crippen LogP contribution in [0.2, 0.25) is 0 Å². The highest BCUT2D eigenvalue weighted by atomic mass is 32.1. The van der Waals surface area contributed by atoms with Gasteiger partial charge in [-0.1, -0.05) is 0 Å². The van der Waals surface area contributed by atoms with Crippen molar-refractivity contribution in [2.75, 3.05) is 6.54 Å². The van der Waals surface area contributed by atoms with Gasteiger partial charge in [-0.15, -0.1) is 11.3 Å². The van der Waals surface area contributed by atoms with E-state index < -0.39 is 0 Å². The van der Waals surface area contributed by atoms with Crippen molar-refractivity contribution >= 4 is 17.1 Å².